The first-order valence-corrected chi connectivity index (χ1v) is 5.67. The number of carbonyl (C=O) groups excluding carboxylic acids is 1. The van der Waals surface area contributed by atoms with Crippen molar-refractivity contribution >= 4 is 23.3 Å². The van der Waals surface area contributed by atoms with Gasteiger partial charge in [0.15, 0.2) is 0 Å². The maximum atomic E-state index is 11.8. The third-order valence-corrected chi connectivity index (χ3v) is 2.60. The fourth-order valence-corrected chi connectivity index (χ4v) is 1.57. The SMILES string of the molecule is O=C(Oc1ccccc1[N+](=O)[O-])c1ccc(Cl)cc1. The van der Waals surface area contributed by atoms with E-state index in [-0.39, 0.29) is 17.0 Å². The van der Waals surface area contributed by atoms with Crippen LogP contribution >= 0.6 is 11.6 Å². The zero-order chi connectivity index (χ0) is 13.8. The molecule has 0 radical (unpaired) electrons. The monoisotopic (exact) mass is 277 g/mol. The van der Waals surface area contributed by atoms with E-state index < -0.39 is 10.9 Å². The second-order valence-corrected chi connectivity index (χ2v) is 4.06. The lowest BCUT2D eigenvalue weighted by molar-refractivity contribution is -0.385. The summed E-state index contributed by atoms with van der Waals surface area (Å²) in [7, 11) is 0. The Morgan fingerprint density at radius 1 is 1.11 bits per heavy atom. The van der Waals surface area contributed by atoms with Crippen LogP contribution in [0.1, 0.15) is 10.4 Å². The van der Waals surface area contributed by atoms with Gasteiger partial charge in [-0.1, -0.05) is 23.7 Å². The molecule has 2 aromatic rings. The fourth-order valence-electron chi connectivity index (χ4n) is 1.44. The molecule has 0 bridgehead atoms. The Bertz CT molecular complexity index is 625. The van der Waals surface area contributed by atoms with E-state index in [0.717, 1.165) is 0 Å². The Kier molecular flexibility index (Phi) is 3.77. The van der Waals surface area contributed by atoms with Crippen molar-refractivity contribution in [2.24, 2.45) is 0 Å². The van der Waals surface area contributed by atoms with Crippen molar-refractivity contribution in [2.75, 3.05) is 0 Å². The van der Waals surface area contributed by atoms with Crippen molar-refractivity contribution < 1.29 is 14.5 Å². The first-order chi connectivity index (χ1) is 9.08. The number of halogens is 1. The lowest BCUT2D eigenvalue weighted by Gasteiger charge is -2.04. The summed E-state index contributed by atoms with van der Waals surface area (Å²) >= 11 is 5.70. The van der Waals surface area contributed by atoms with Gasteiger partial charge in [0.05, 0.1) is 10.5 Å². The van der Waals surface area contributed by atoms with Crippen LogP contribution in [0.5, 0.6) is 5.75 Å². The standard InChI is InChI=1S/C13H8ClNO4/c14-10-7-5-9(6-8-10)13(16)19-12-4-2-1-3-11(12)15(17)18/h1-8H. The molecule has 6 heteroatoms. The molecule has 0 aliphatic rings. The number of hydrogen-bond acceptors (Lipinski definition) is 4. The quantitative estimate of drug-likeness (QED) is 0.373. The Hall–Kier alpha value is -2.40. The number of ether oxygens (including phenoxy) is 1. The van der Waals surface area contributed by atoms with E-state index in [2.05, 4.69) is 0 Å². The molecule has 5 nitrogen and oxygen atoms in total. The summed E-state index contributed by atoms with van der Waals surface area (Å²) in [5.41, 5.74) is 0.00682. The number of nitro groups is 1. The lowest BCUT2D eigenvalue weighted by Crippen LogP contribution is -2.09. The van der Waals surface area contributed by atoms with Crippen LogP contribution in [0.2, 0.25) is 5.02 Å². The molecular formula is C13H8ClNO4. The summed E-state index contributed by atoms with van der Waals surface area (Å²) in [5.74, 6) is -0.765. The summed E-state index contributed by atoms with van der Waals surface area (Å²) in [6.07, 6.45) is 0. The molecule has 0 aliphatic heterocycles. The number of hydrogen-bond donors (Lipinski definition) is 0. The van der Waals surface area contributed by atoms with Crippen LogP contribution in [0, 0.1) is 10.1 Å². The molecule has 0 unspecified atom stereocenters. The maximum Gasteiger partial charge on any atom is 0.343 e. The summed E-state index contributed by atoms with van der Waals surface area (Å²) in [5, 5.41) is 11.3. The van der Waals surface area contributed by atoms with Crippen LogP contribution in [0.25, 0.3) is 0 Å². The highest BCUT2D eigenvalue weighted by molar-refractivity contribution is 6.30. The van der Waals surface area contributed by atoms with Crippen molar-refractivity contribution in [3.63, 3.8) is 0 Å². The number of para-hydroxylation sites is 2. The highest BCUT2D eigenvalue weighted by Gasteiger charge is 2.17. The van der Waals surface area contributed by atoms with Crippen molar-refractivity contribution in [1.82, 2.24) is 0 Å². The molecule has 96 valence electrons. The van der Waals surface area contributed by atoms with Crippen molar-refractivity contribution in [1.29, 1.82) is 0 Å². The lowest BCUT2D eigenvalue weighted by atomic mass is 10.2. The van der Waals surface area contributed by atoms with Gasteiger partial charge < -0.3 is 4.74 Å². The van der Waals surface area contributed by atoms with E-state index in [1.807, 2.05) is 0 Å². The highest BCUT2D eigenvalue weighted by atomic mass is 35.5. The van der Waals surface area contributed by atoms with E-state index >= 15 is 0 Å². The normalized spacial score (nSPS) is 9.95. The number of nitrogens with zero attached hydrogens (tertiary/aromatic N) is 1. The predicted octanol–water partition coefficient (Wildman–Crippen LogP) is 3.47. The molecule has 0 spiro atoms. The van der Waals surface area contributed by atoms with Gasteiger partial charge in [-0.2, -0.15) is 0 Å². The summed E-state index contributed by atoms with van der Waals surface area (Å²) in [6.45, 7) is 0. The predicted molar refractivity (Wildman–Crippen MR) is 69.5 cm³/mol. The number of benzene rings is 2. The molecule has 0 amide bonds. The smallest absolute Gasteiger partial charge is 0.343 e. The molecule has 0 aliphatic carbocycles. The number of carbonyl (C=O) groups is 1. The van der Waals surface area contributed by atoms with E-state index in [0.29, 0.717) is 5.02 Å². The Morgan fingerprint density at radius 3 is 2.37 bits per heavy atom. The van der Waals surface area contributed by atoms with E-state index in [1.165, 1.54) is 42.5 Å². The molecule has 0 saturated carbocycles. The minimum atomic E-state index is -0.675. The van der Waals surface area contributed by atoms with Crippen LogP contribution in [0.4, 0.5) is 5.69 Å². The molecule has 2 rings (SSSR count). The Balaban J connectivity index is 2.24. The largest absolute Gasteiger partial charge is 0.416 e. The Morgan fingerprint density at radius 2 is 1.74 bits per heavy atom. The van der Waals surface area contributed by atoms with Gasteiger partial charge in [-0.15, -0.1) is 0 Å². The Labute approximate surface area is 113 Å². The first-order valence-electron chi connectivity index (χ1n) is 5.29. The molecule has 0 heterocycles. The average Bonchev–Trinajstić information content (AvgIpc) is 2.39. The van der Waals surface area contributed by atoms with Gasteiger partial charge in [-0.25, -0.2) is 4.79 Å². The van der Waals surface area contributed by atoms with Crippen LogP contribution in [-0.4, -0.2) is 10.9 Å². The van der Waals surface area contributed by atoms with Gasteiger partial charge >= 0.3 is 11.7 Å². The van der Waals surface area contributed by atoms with Crippen molar-refractivity contribution in [3.05, 3.63) is 69.2 Å². The van der Waals surface area contributed by atoms with Gasteiger partial charge in [-0.05, 0) is 30.3 Å². The minimum Gasteiger partial charge on any atom is -0.416 e. The number of nitro benzene ring substituents is 1. The molecule has 0 aromatic heterocycles. The first kappa shape index (κ1) is 13.0. The summed E-state index contributed by atoms with van der Waals surface area (Å²) < 4.78 is 5.01. The molecule has 0 atom stereocenters. The van der Waals surface area contributed by atoms with Crippen LogP contribution in [0.15, 0.2) is 48.5 Å². The van der Waals surface area contributed by atoms with Crippen LogP contribution in [0.3, 0.4) is 0 Å². The zero-order valence-electron chi connectivity index (χ0n) is 9.58. The molecule has 0 saturated heterocycles. The summed E-state index contributed by atoms with van der Waals surface area (Å²) in [6, 6.07) is 11.7. The molecule has 0 N–H and O–H groups in total. The summed E-state index contributed by atoms with van der Waals surface area (Å²) in [4.78, 5) is 22.0. The van der Waals surface area contributed by atoms with E-state index in [9.17, 15) is 14.9 Å². The zero-order valence-corrected chi connectivity index (χ0v) is 10.3. The maximum absolute atomic E-state index is 11.8. The van der Waals surface area contributed by atoms with Gasteiger partial charge in [0, 0.05) is 11.1 Å². The van der Waals surface area contributed by atoms with E-state index in [4.69, 9.17) is 16.3 Å². The van der Waals surface area contributed by atoms with Gasteiger partial charge in [0.2, 0.25) is 5.75 Å². The number of rotatable bonds is 3. The van der Waals surface area contributed by atoms with Gasteiger partial charge in [-0.3, -0.25) is 10.1 Å². The average molecular weight is 278 g/mol. The topological polar surface area (TPSA) is 69.4 Å². The third-order valence-electron chi connectivity index (χ3n) is 2.34. The van der Waals surface area contributed by atoms with E-state index in [1.54, 1.807) is 6.07 Å². The van der Waals surface area contributed by atoms with Crippen LogP contribution in [-0.2, 0) is 0 Å². The molecular weight excluding hydrogens is 270 g/mol. The molecule has 2 aromatic carbocycles. The van der Waals surface area contributed by atoms with Crippen LogP contribution < -0.4 is 4.74 Å². The van der Waals surface area contributed by atoms with Gasteiger partial charge in [0.1, 0.15) is 0 Å². The second-order valence-electron chi connectivity index (χ2n) is 3.62. The second kappa shape index (κ2) is 5.49. The van der Waals surface area contributed by atoms with Crippen molar-refractivity contribution in [2.45, 2.75) is 0 Å². The highest BCUT2D eigenvalue weighted by Crippen LogP contribution is 2.26. The number of esters is 1. The van der Waals surface area contributed by atoms with Gasteiger partial charge in [0.25, 0.3) is 0 Å². The minimum absolute atomic E-state index is 0.0903. The van der Waals surface area contributed by atoms with Crippen molar-refractivity contribution in [3.8, 4) is 5.75 Å². The molecule has 19 heavy (non-hydrogen) atoms. The third kappa shape index (κ3) is 3.08. The fraction of sp³-hybridized carbons (Fsp3) is 0. The molecule has 0 fully saturated rings.